The number of nitrogens with zero attached hydrogens (tertiary/aromatic N) is 2. The summed E-state index contributed by atoms with van der Waals surface area (Å²) in [5.41, 5.74) is 0.471. The van der Waals surface area contributed by atoms with Crippen molar-refractivity contribution in [3.05, 3.63) is 47.9 Å². The monoisotopic (exact) mass is 289 g/mol. The van der Waals surface area contributed by atoms with Crippen molar-refractivity contribution < 1.29 is 13.9 Å². The number of amides is 1. The van der Waals surface area contributed by atoms with E-state index in [2.05, 4.69) is 10.3 Å². The number of halogens is 1. The molecule has 0 spiro atoms. The molecule has 1 heterocycles. The highest BCUT2D eigenvalue weighted by atomic mass is 19.1. The zero-order valence-corrected chi connectivity index (χ0v) is 12.1. The predicted octanol–water partition coefficient (Wildman–Crippen LogP) is 2.55. The Bertz CT molecular complexity index is 659. The van der Waals surface area contributed by atoms with Crippen molar-refractivity contribution in [3.63, 3.8) is 0 Å². The van der Waals surface area contributed by atoms with Crippen molar-refractivity contribution in [1.82, 2.24) is 4.98 Å². The number of ether oxygens (including phenoxy) is 1. The summed E-state index contributed by atoms with van der Waals surface area (Å²) in [6, 6.07) is 7.36. The van der Waals surface area contributed by atoms with Crippen molar-refractivity contribution in [3.8, 4) is 5.75 Å². The molecule has 2 aromatic rings. The molecule has 110 valence electrons. The molecular formula is C15H16FN3O2. The Hall–Kier alpha value is -2.63. The maximum Gasteiger partial charge on any atom is 0.255 e. The van der Waals surface area contributed by atoms with Gasteiger partial charge in [-0.25, -0.2) is 9.37 Å². The van der Waals surface area contributed by atoms with E-state index >= 15 is 0 Å². The lowest BCUT2D eigenvalue weighted by atomic mass is 10.2. The van der Waals surface area contributed by atoms with Gasteiger partial charge in [0, 0.05) is 31.9 Å². The second-order valence-corrected chi connectivity index (χ2v) is 4.60. The van der Waals surface area contributed by atoms with Crippen LogP contribution in [0.25, 0.3) is 0 Å². The average Bonchev–Trinajstić information content (AvgIpc) is 2.49. The molecule has 21 heavy (non-hydrogen) atoms. The van der Waals surface area contributed by atoms with E-state index in [0.29, 0.717) is 17.1 Å². The predicted molar refractivity (Wildman–Crippen MR) is 79.5 cm³/mol. The fourth-order valence-electron chi connectivity index (χ4n) is 1.73. The van der Waals surface area contributed by atoms with Gasteiger partial charge in [0.15, 0.2) is 0 Å². The Morgan fingerprint density at radius 2 is 2.05 bits per heavy atom. The van der Waals surface area contributed by atoms with Gasteiger partial charge in [-0.15, -0.1) is 0 Å². The van der Waals surface area contributed by atoms with Crippen LogP contribution in [0.4, 0.5) is 15.9 Å². The minimum atomic E-state index is -0.522. The van der Waals surface area contributed by atoms with Crippen molar-refractivity contribution in [1.29, 1.82) is 0 Å². The van der Waals surface area contributed by atoms with Crippen LogP contribution in [0, 0.1) is 5.82 Å². The third-order valence-electron chi connectivity index (χ3n) is 2.89. The Morgan fingerprint density at radius 3 is 2.71 bits per heavy atom. The highest BCUT2D eigenvalue weighted by Crippen LogP contribution is 2.22. The molecule has 0 fully saturated rings. The zero-order chi connectivity index (χ0) is 15.4. The third-order valence-corrected chi connectivity index (χ3v) is 2.89. The van der Waals surface area contributed by atoms with E-state index in [1.54, 1.807) is 17.0 Å². The van der Waals surface area contributed by atoms with E-state index in [-0.39, 0.29) is 5.69 Å². The van der Waals surface area contributed by atoms with E-state index in [9.17, 15) is 9.18 Å². The number of methoxy groups -OCH3 is 1. The van der Waals surface area contributed by atoms with Crippen molar-refractivity contribution in [2.75, 3.05) is 31.4 Å². The van der Waals surface area contributed by atoms with Gasteiger partial charge in [0.1, 0.15) is 17.4 Å². The third kappa shape index (κ3) is 3.47. The molecule has 6 heteroatoms. The molecule has 1 amide bonds. The molecule has 0 aliphatic carbocycles. The number of pyridine rings is 1. The molecule has 0 bridgehead atoms. The summed E-state index contributed by atoms with van der Waals surface area (Å²) in [6.07, 6.45) is 1.53. The second kappa shape index (κ2) is 6.21. The van der Waals surface area contributed by atoms with E-state index in [0.717, 1.165) is 0 Å². The molecule has 0 saturated carbocycles. The summed E-state index contributed by atoms with van der Waals surface area (Å²) in [6.45, 7) is 0. The Kier molecular flexibility index (Phi) is 4.37. The number of hydrogen-bond donors (Lipinski definition) is 1. The molecule has 0 unspecified atom stereocenters. The molecule has 2 rings (SSSR count). The van der Waals surface area contributed by atoms with Crippen molar-refractivity contribution in [2.24, 2.45) is 0 Å². The van der Waals surface area contributed by atoms with Crippen LogP contribution in [0.2, 0.25) is 0 Å². The molecule has 0 atom stereocenters. The van der Waals surface area contributed by atoms with Crippen molar-refractivity contribution >= 4 is 17.4 Å². The first-order valence-electron chi connectivity index (χ1n) is 6.29. The average molecular weight is 289 g/mol. The fraction of sp³-hybridized carbons (Fsp3) is 0.200. The fourth-order valence-corrected chi connectivity index (χ4v) is 1.73. The van der Waals surface area contributed by atoms with Crippen LogP contribution in [-0.2, 0) is 0 Å². The number of hydrogen-bond acceptors (Lipinski definition) is 4. The van der Waals surface area contributed by atoms with Crippen LogP contribution in [0.3, 0.4) is 0 Å². The van der Waals surface area contributed by atoms with Gasteiger partial charge in [0.2, 0.25) is 0 Å². The van der Waals surface area contributed by atoms with E-state index in [1.807, 2.05) is 14.1 Å². The molecule has 5 nitrogen and oxygen atoms in total. The van der Waals surface area contributed by atoms with Gasteiger partial charge in [-0.05, 0) is 24.3 Å². The number of aromatic nitrogens is 1. The molecule has 0 aliphatic heterocycles. The highest BCUT2D eigenvalue weighted by molar-refractivity contribution is 6.04. The van der Waals surface area contributed by atoms with Gasteiger partial charge in [0.25, 0.3) is 5.91 Å². The van der Waals surface area contributed by atoms with Gasteiger partial charge in [0.05, 0.1) is 12.8 Å². The normalized spacial score (nSPS) is 10.1. The Balaban J connectivity index is 2.23. The number of rotatable bonds is 4. The van der Waals surface area contributed by atoms with Crippen LogP contribution in [0.15, 0.2) is 36.5 Å². The largest absolute Gasteiger partial charge is 0.497 e. The first-order valence-corrected chi connectivity index (χ1v) is 6.29. The van der Waals surface area contributed by atoms with Gasteiger partial charge in [-0.2, -0.15) is 0 Å². The van der Waals surface area contributed by atoms with Crippen LogP contribution in [-0.4, -0.2) is 32.1 Å². The van der Waals surface area contributed by atoms with Gasteiger partial charge < -0.3 is 15.0 Å². The van der Waals surface area contributed by atoms with E-state index in [1.165, 1.54) is 31.5 Å². The summed E-state index contributed by atoms with van der Waals surface area (Å²) in [4.78, 5) is 18.1. The molecule has 0 saturated heterocycles. The van der Waals surface area contributed by atoms with Gasteiger partial charge in [-0.3, -0.25) is 4.79 Å². The van der Waals surface area contributed by atoms with Crippen LogP contribution >= 0.6 is 0 Å². The zero-order valence-electron chi connectivity index (χ0n) is 12.1. The van der Waals surface area contributed by atoms with Crippen LogP contribution in [0.1, 0.15) is 10.4 Å². The molecular weight excluding hydrogens is 273 g/mol. The number of carbonyl (C=O) groups excluding carboxylic acids is 1. The minimum Gasteiger partial charge on any atom is -0.497 e. The lowest BCUT2D eigenvalue weighted by Crippen LogP contribution is -2.16. The van der Waals surface area contributed by atoms with Crippen molar-refractivity contribution in [2.45, 2.75) is 0 Å². The van der Waals surface area contributed by atoms with Gasteiger partial charge in [-0.1, -0.05) is 0 Å². The topological polar surface area (TPSA) is 54.5 Å². The van der Waals surface area contributed by atoms with Crippen LogP contribution < -0.4 is 15.0 Å². The molecule has 1 aromatic carbocycles. The molecule has 1 aromatic heterocycles. The second-order valence-electron chi connectivity index (χ2n) is 4.60. The molecule has 1 N–H and O–H groups in total. The Morgan fingerprint density at radius 1 is 1.29 bits per heavy atom. The van der Waals surface area contributed by atoms with Crippen LogP contribution in [0.5, 0.6) is 5.75 Å². The maximum absolute atomic E-state index is 13.7. The summed E-state index contributed by atoms with van der Waals surface area (Å²) in [5.74, 6) is 0.183. The summed E-state index contributed by atoms with van der Waals surface area (Å²) >= 11 is 0. The number of carbonyl (C=O) groups is 1. The lowest BCUT2D eigenvalue weighted by molar-refractivity contribution is 0.102. The first-order chi connectivity index (χ1) is 10.0. The quantitative estimate of drug-likeness (QED) is 0.940. The maximum atomic E-state index is 13.7. The SMILES string of the molecule is COc1ccc(F)c(NC(=O)c2ccnc(N(C)C)c2)c1. The van der Waals surface area contributed by atoms with E-state index in [4.69, 9.17) is 4.74 Å². The first kappa shape index (κ1) is 14.8. The smallest absolute Gasteiger partial charge is 0.255 e. The number of anilines is 2. The number of benzene rings is 1. The molecule has 0 radical (unpaired) electrons. The molecule has 0 aliphatic rings. The lowest BCUT2D eigenvalue weighted by Gasteiger charge is -2.12. The number of nitrogens with one attached hydrogen (secondary N) is 1. The van der Waals surface area contributed by atoms with Gasteiger partial charge >= 0.3 is 0 Å². The van der Waals surface area contributed by atoms with E-state index < -0.39 is 11.7 Å². The summed E-state index contributed by atoms with van der Waals surface area (Å²) in [7, 11) is 5.13. The standard InChI is InChI=1S/C15H16FN3O2/c1-19(2)14-8-10(6-7-17-14)15(20)18-13-9-11(21-3)4-5-12(13)16/h4-9H,1-3H3,(H,18,20). The summed E-state index contributed by atoms with van der Waals surface area (Å²) in [5, 5.41) is 2.53. The highest BCUT2D eigenvalue weighted by Gasteiger charge is 2.11. The minimum absolute atomic E-state index is 0.0718. The summed E-state index contributed by atoms with van der Waals surface area (Å²) < 4.78 is 18.7. The Labute approximate surface area is 122 Å².